The van der Waals surface area contributed by atoms with Gasteiger partial charge in [-0.05, 0) is 55.7 Å². The van der Waals surface area contributed by atoms with Crippen LogP contribution in [0.3, 0.4) is 0 Å². The van der Waals surface area contributed by atoms with Crippen LogP contribution in [0.4, 0.5) is 5.69 Å². The molecule has 4 rings (SSSR count). The van der Waals surface area contributed by atoms with Gasteiger partial charge in [-0.25, -0.2) is 4.98 Å². The quantitative estimate of drug-likeness (QED) is 0.485. The summed E-state index contributed by atoms with van der Waals surface area (Å²) < 4.78 is 7.69. The lowest BCUT2D eigenvalue weighted by molar-refractivity contribution is -0.116. The molecule has 1 N–H and O–H groups in total. The van der Waals surface area contributed by atoms with E-state index in [1.165, 1.54) is 0 Å². The monoisotopic (exact) mass is 400 g/mol. The van der Waals surface area contributed by atoms with E-state index < -0.39 is 0 Å². The second kappa shape index (κ2) is 8.78. The molecule has 152 valence electrons. The van der Waals surface area contributed by atoms with Crippen molar-refractivity contribution in [2.45, 2.75) is 33.2 Å². The summed E-state index contributed by atoms with van der Waals surface area (Å²) >= 11 is 0. The van der Waals surface area contributed by atoms with Gasteiger partial charge in [-0.15, -0.1) is 0 Å². The molecule has 0 saturated heterocycles. The van der Waals surface area contributed by atoms with Gasteiger partial charge in [0.05, 0.1) is 12.7 Å². The Morgan fingerprint density at radius 2 is 1.83 bits per heavy atom. The second-order valence-electron chi connectivity index (χ2n) is 7.35. The fourth-order valence-corrected chi connectivity index (χ4v) is 3.23. The third kappa shape index (κ3) is 4.84. The first kappa shape index (κ1) is 19.6. The minimum Gasteiger partial charge on any atom is -0.441 e. The number of aryl methyl sites for hydroxylation is 3. The summed E-state index contributed by atoms with van der Waals surface area (Å²) in [5, 5.41) is 7.24. The van der Waals surface area contributed by atoms with Crippen LogP contribution in [-0.4, -0.2) is 20.7 Å². The van der Waals surface area contributed by atoms with Gasteiger partial charge in [0.15, 0.2) is 0 Å². The Morgan fingerprint density at radius 1 is 1.07 bits per heavy atom. The van der Waals surface area contributed by atoms with Gasteiger partial charge in [0.1, 0.15) is 11.5 Å². The molecule has 2 aromatic carbocycles. The van der Waals surface area contributed by atoms with Crippen LogP contribution in [0.25, 0.3) is 11.5 Å². The molecule has 0 aliphatic carbocycles. The molecule has 0 aliphatic rings. The van der Waals surface area contributed by atoms with Crippen LogP contribution in [0.2, 0.25) is 0 Å². The summed E-state index contributed by atoms with van der Waals surface area (Å²) in [7, 11) is 0. The first-order chi connectivity index (χ1) is 14.6. The number of oxazole rings is 1. The van der Waals surface area contributed by atoms with Crippen molar-refractivity contribution in [2.75, 3.05) is 5.32 Å². The average Bonchev–Trinajstić information content (AvgIpc) is 3.33. The summed E-state index contributed by atoms with van der Waals surface area (Å²) in [5.41, 5.74) is 4.74. The standard InChI is InChI=1S/C24H24N4O2/c1-17-14-25-28(15-17)16-22-18(2)30-24(27-22)20-9-11-21(12-10-20)26-23(29)13-8-19-6-4-3-5-7-19/h3-7,9-12,14-15H,8,13,16H2,1-2H3,(H,26,29). The molecule has 0 atom stereocenters. The molecule has 0 bridgehead atoms. The molecule has 6 nitrogen and oxygen atoms in total. The van der Waals surface area contributed by atoms with Crippen molar-refractivity contribution in [3.05, 3.63) is 89.6 Å². The minimum absolute atomic E-state index is 0.00428. The second-order valence-corrected chi connectivity index (χ2v) is 7.35. The molecule has 0 aliphatic heterocycles. The Labute approximate surface area is 175 Å². The predicted octanol–water partition coefficient (Wildman–Crippen LogP) is 4.77. The molecule has 6 heteroatoms. The molecule has 1 amide bonds. The molecule has 0 fully saturated rings. The summed E-state index contributed by atoms with van der Waals surface area (Å²) in [6, 6.07) is 17.5. The summed E-state index contributed by atoms with van der Waals surface area (Å²) in [5.74, 6) is 1.33. The van der Waals surface area contributed by atoms with Crippen molar-refractivity contribution >= 4 is 11.6 Å². The van der Waals surface area contributed by atoms with Crippen LogP contribution >= 0.6 is 0 Å². The van der Waals surface area contributed by atoms with E-state index in [2.05, 4.69) is 15.4 Å². The molecule has 0 saturated carbocycles. The summed E-state index contributed by atoms with van der Waals surface area (Å²) in [6.07, 6.45) is 4.96. The van der Waals surface area contributed by atoms with Crippen molar-refractivity contribution in [3.63, 3.8) is 0 Å². The molecule has 0 spiro atoms. The minimum atomic E-state index is -0.00428. The average molecular weight is 400 g/mol. The highest BCUT2D eigenvalue weighted by Crippen LogP contribution is 2.24. The number of aromatic nitrogens is 3. The van der Waals surface area contributed by atoms with E-state index in [1.54, 1.807) is 0 Å². The number of benzene rings is 2. The number of carbonyl (C=O) groups excluding carboxylic acids is 1. The molecule has 0 unspecified atom stereocenters. The van der Waals surface area contributed by atoms with Gasteiger partial charge in [-0.2, -0.15) is 5.10 Å². The molecule has 2 aromatic heterocycles. The number of nitrogens with zero attached hydrogens (tertiary/aromatic N) is 3. The fourth-order valence-electron chi connectivity index (χ4n) is 3.23. The highest BCUT2D eigenvalue weighted by Gasteiger charge is 2.13. The third-order valence-electron chi connectivity index (χ3n) is 4.87. The summed E-state index contributed by atoms with van der Waals surface area (Å²) in [6.45, 7) is 4.48. The summed E-state index contributed by atoms with van der Waals surface area (Å²) in [4.78, 5) is 16.8. The normalized spacial score (nSPS) is 10.9. The van der Waals surface area contributed by atoms with Crippen LogP contribution in [-0.2, 0) is 17.8 Å². The lowest BCUT2D eigenvalue weighted by atomic mass is 10.1. The SMILES string of the molecule is Cc1cnn(Cc2nc(-c3ccc(NC(=O)CCc4ccccc4)cc3)oc2C)c1. The van der Waals surface area contributed by atoms with Crippen LogP contribution in [0.1, 0.15) is 29.0 Å². The van der Waals surface area contributed by atoms with Gasteiger partial charge in [-0.3, -0.25) is 9.48 Å². The van der Waals surface area contributed by atoms with Gasteiger partial charge in [-0.1, -0.05) is 30.3 Å². The Morgan fingerprint density at radius 3 is 2.53 bits per heavy atom. The van der Waals surface area contributed by atoms with Crippen molar-refractivity contribution in [1.82, 2.24) is 14.8 Å². The molecular formula is C24H24N4O2. The first-order valence-corrected chi connectivity index (χ1v) is 9.96. The van der Waals surface area contributed by atoms with Gasteiger partial charge in [0.25, 0.3) is 0 Å². The predicted molar refractivity (Wildman–Crippen MR) is 116 cm³/mol. The zero-order chi connectivity index (χ0) is 20.9. The number of amides is 1. The largest absolute Gasteiger partial charge is 0.441 e. The lowest BCUT2D eigenvalue weighted by Crippen LogP contribution is -2.12. The van der Waals surface area contributed by atoms with E-state index in [1.807, 2.05) is 85.5 Å². The third-order valence-corrected chi connectivity index (χ3v) is 4.87. The fraction of sp³-hybridized carbons (Fsp3) is 0.208. The number of hydrogen-bond acceptors (Lipinski definition) is 4. The van der Waals surface area contributed by atoms with Crippen LogP contribution in [0.5, 0.6) is 0 Å². The van der Waals surface area contributed by atoms with Crippen LogP contribution in [0, 0.1) is 13.8 Å². The van der Waals surface area contributed by atoms with E-state index in [0.717, 1.165) is 40.3 Å². The molecular weight excluding hydrogens is 376 g/mol. The Balaban J connectivity index is 1.37. The molecule has 0 radical (unpaired) electrons. The van der Waals surface area contributed by atoms with Crippen molar-refractivity contribution < 1.29 is 9.21 Å². The zero-order valence-corrected chi connectivity index (χ0v) is 17.1. The highest BCUT2D eigenvalue weighted by molar-refractivity contribution is 5.91. The van der Waals surface area contributed by atoms with Crippen molar-refractivity contribution in [1.29, 1.82) is 0 Å². The topological polar surface area (TPSA) is 73.0 Å². The highest BCUT2D eigenvalue weighted by atomic mass is 16.4. The van der Waals surface area contributed by atoms with Crippen LogP contribution < -0.4 is 5.32 Å². The van der Waals surface area contributed by atoms with E-state index in [9.17, 15) is 4.79 Å². The van der Waals surface area contributed by atoms with Crippen LogP contribution in [0.15, 0.2) is 71.4 Å². The van der Waals surface area contributed by atoms with Crippen molar-refractivity contribution in [2.24, 2.45) is 0 Å². The maximum absolute atomic E-state index is 12.2. The number of nitrogens with one attached hydrogen (secondary N) is 1. The molecule has 2 heterocycles. The zero-order valence-electron chi connectivity index (χ0n) is 17.1. The Kier molecular flexibility index (Phi) is 5.75. The number of anilines is 1. The van der Waals surface area contributed by atoms with E-state index in [0.29, 0.717) is 18.9 Å². The maximum Gasteiger partial charge on any atom is 0.226 e. The van der Waals surface area contributed by atoms with Gasteiger partial charge in [0, 0.05) is 23.9 Å². The lowest BCUT2D eigenvalue weighted by Gasteiger charge is -2.06. The molecule has 4 aromatic rings. The van der Waals surface area contributed by atoms with Gasteiger partial charge < -0.3 is 9.73 Å². The number of hydrogen-bond donors (Lipinski definition) is 1. The van der Waals surface area contributed by atoms with E-state index in [-0.39, 0.29) is 5.91 Å². The Hall–Kier alpha value is -3.67. The smallest absolute Gasteiger partial charge is 0.226 e. The number of rotatable bonds is 7. The molecule has 30 heavy (non-hydrogen) atoms. The first-order valence-electron chi connectivity index (χ1n) is 9.96. The van der Waals surface area contributed by atoms with Gasteiger partial charge >= 0.3 is 0 Å². The van der Waals surface area contributed by atoms with E-state index in [4.69, 9.17) is 4.42 Å². The number of carbonyl (C=O) groups is 1. The van der Waals surface area contributed by atoms with E-state index >= 15 is 0 Å². The van der Waals surface area contributed by atoms with Crippen molar-refractivity contribution in [3.8, 4) is 11.5 Å². The van der Waals surface area contributed by atoms with Gasteiger partial charge in [0.2, 0.25) is 11.8 Å². The Bertz CT molecular complexity index is 1130. The maximum atomic E-state index is 12.2.